The normalized spacial score (nSPS) is 21.2. The standard InChI is InChI=1S/C13H15N3OS/c17-18(9-10-5-6-14-7-10)13-8-15-11-3-1-2-4-12(11)16-13/h1-4,8,10,14H,5-7,9H2/t10-,18-/m1/s1. The molecule has 0 amide bonds. The van der Waals surface area contributed by atoms with Crippen LogP contribution in [0.2, 0.25) is 0 Å². The minimum atomic E-state index is -1.04. The molecule has 1 aromatic heterocycles. The first kappa shape index (κ1) is 11.7. The van der Waals surface area contributed by atoms with E-state index in [0.717, 1.165) is 30.5 Å². The van der Waals surface area contributed by atoms with Crippen molar-refractivity contribution in [3.05, 3.63) is 30.5 Å². The Kier molecular flexibility index (Phi) is 3.34. The van der Waals surface area contributed by atoms with Gasteiger partial charge in [0.2, 0.25) is 0 Å². The van der Waals surface area contributed by atoms with E-state index < -0.39 is 10.8 Å². The molecule has 1 aromatic carbocycles. The van der Waals surface area contributed by atoms with Crippen LogP contribution in [0.25, 0.3) is 11.0 Å². The molecule has 5 heteroatoms. The van der Waals surface area contributed by atoms with Crippen LogP contribution in [0.1, 0.15) is 6.42 Å². The van der Waals surface area contributed by atoms with Crippen LogP contribution in [-0.4, -0.2) is 33.0 Å². The minimum absolute atomic E-state index is 0.499. The molecule has 1 saturated heterocycles. The molecule has 0 aliphatic carbocycles. The van der Waals surface area contributed by atoms with Gasteiger partial charge < -0.3 is 5.32 Å². The van der Waals surface area contributed by atoms with E-state index in [1.54, 1.807) is 6.20 Å². The number of benzene rings is 1. The van der Waals surface area contributed by atoms with E-state index >= 15 is 0 Å². The molecule has 0 bridgehead atoms. The maximum Gasteiger partial charge on any atom is 0.146 e. The Morgan fingerprint density at radius 1 is 1.33 bits per heavy atom. The van der Waals surface area contributed by atoms with Crippen LogP contribution >= 0.6 is 0 Å². The molecule has 18 heavy (non-hydrogen) atoms. The summed E-state index contributed by atoms with van der Waals surface area (Å²) in [6, 6.07) is 7.67. The Morgan fingerprint density at radius 2 is 2.17 bits per heavy atom. The number of nitrogens with one attached hydrogen (secondary N) is 1. The zero-order valence-electron chi connectivity index (χ0n) is 10.0. The SMILES string of the molecule is O=[S@](C[C@@H]1CCNC1)c1cnc2ccccc2n1. The second-order valence-corrected chi connectivity index (χ2v) is 6.01. The quantitative estimate of drug-likeness (QED) is 0.906. The zero-order valence-corrected chi connectivity index (χ0v) is 10.8. The lowest BCUT2D eigenvalue weighted by molar-refractivity contribution is 0.631. The van der Waals surface area contributed by atoms with Gasteiger partial charge in [-0.05, 0) is 37.6 Å². The molecule has 2 atom stereocenters. The molecular formula is C13H15N3OS. The van der Waals surface area contributed by atoms with Crippen molar-refractivity contribution in [1.82, 2.24) is 15.3 Å². The molecule has 1 aliphatic heterocycles. The van der Waals surface area contributed by atoms with Crippen LogP contribution in [0.4, 0.5) is 0 Å². The third-order valence-corrected chi connectivity index (χ3v) is 4.65. The Labute approximate surface area is 108 Å². The van der Waals surface area contributed by atoms with E-state index in [9.17, 15) is 4.21 Å². The molecule has 1 N–H and O–H groups in total. The van der Waals surface area contributed by atoms with Crippen molar-refractivity contribution in [1.29, 1.82) is 0 Å². The fourth-order valence-corrected chi connectivity index (χ4v) is 3.46. The topological polar surface area (TPSA) is 54.9 Å². The monoisotopic (exact) mass is 261 g/mol. The molecule has 94 valence electrons. The van der Waals surface area contributed by atoms with Crippen LogP contribution in [0.15, 0.2) is 35.5 Å². The fraction of sp³-hybridized carbons (Fsp3) is 0.385. The molecule has 1 aliphatic rings. The van der Waals surface area contributed by atoms with E-state index in [4.69, 9.17) is 0 Å². The summed E-state index contributed by atoms with van der Waals surface area (Å²) < 4.78 is 12.2. The highest BCUT2D eigenvalue weighted by atomic mass is 32.2. The summed E-state index contributed by atoms with van der Waals surface area (Å²) in [4.78, 5) is 8.74. The van der Waals surface area contributed by atoms with Crippen molar-refractivity contribution in [3.8, 4) is 0 Å². The third kappa shape index (κ3) is 2.42. The maximum absolute atomic E-state index is 12.2. The Bertz CT molecular complexity index is 581. The molecule has 1 fully saturated rings. The second-order valence-electron chi connectivity index (χ2n) is 4.57. The number of aromatic nitrogens is 2. The largest absolute Gasteiger partial charge is 0.316 e. The number of fused-ring (bicyclic) bond motifs is 1. The fourth-order valence-electron chi connectivity index (χ4n) is 2.21. The molecule has 2 aromatic rings. The lowest BCUT2D eigenvalue weighted by Crippen LogP contribution is -2.15. The van der Waals surface area contributed by atoms with Gasteiger partial charge in [0.15, 0.2) is 0 Å². The molecule has 0 radical (unpaired) electrons. The van der Waals surface area contributed by atoms with Crippen LogP contribution in [0, 0.1) is 5.92 Å². The summed E-state index contributed by atoms with van der Waals surface area (Å²) in [5.74, 6) is 1.18. The van der Waals surface area contributed by atoms with Crippen molar-refractivity contribution in [2.45, 2.75) is 11.4 Å². The van der Waals surface area contributed by atoms with Crippen molar-refractivity contribution in [2.24, 2.45) is 5.92 Å². The van der Waals surface area contributed by atoms with Crippen molar-refractivity contribution in [3.63, 3.8) is 0 Å². The molecule has 3 rings (SSSR count). The number of rotatable bonds is 3. The van der Waals surface area contributed by atoms with Crippen LogP contribution in [0.3, 0.4) is 0 Å². The van der Waals surface area contributed by atoms with E-state index in [0.29, 0.717) is 16.7 Å². The van der Waals surface area contributed by atoms with Gasteiger partial charge >= 0.3 is 0 Å². The summed E-state index contributed by atoms with van der Waals surface area (Å²) in [5.41, 5.74) is 1.66. The van der Waals surface area contributed by atoms with E-state index in [1.807, 2.05) is 24.3 Å². The van der Waals surface area contributed by atoms with Gasteiger partial charge in [-0.1, -0.05) is 12.1 Å². The summed E-state index contributed by atoms with van der Waals surface area (Å²) in [5, 5.41) is 3.89. The first-order chi connectivity index (χ1) is 8.83. The van der Waals surface area contributed by atoms with Gasteiger partial charge in [-0.3, -0.25) is 9.19 Å². The molecule has 0 spiro atoms. The highest BCUT2D eigenvalue weighted by molar-refractivity contribution is 7.84. The molecule has 4 nitrogen and oxygen atoms in total. The van der Waals surface area contributed by atoms with Gasteiger partial charge in [0, 0.05) is 5.75 Å². The molecular weight excluding hydrogens is 246 g/mol. The van der Waals surface area contributed by atoms with Crippen LogP contribution < -0.4 is 5.32 Å². The average molecular weight is 261 g/mol. The van der Waals surface area contributed by atoms with E-state index in [-0.39, 0.29) is 0 Å². The van der Waals surface area contributed by atoms with Crippen LogP contribution in [0.5, 0.6) is 0 Å². The lowest BCUT2D eigenvalue weighted by atomic mass is 10.2. The summed E-state index contributed by atoms with van der Waals surface area (Å²) in [6.45, 7) is 2.00. The number of hydrogen-bond donors (Lipinski definition) is 1. The van der Waals surface area contributed by atoms with Gasteiger partial charge in [0.05, 0.1) is 28.0 Å². The molecule has 0 unspecified atom stereocenters. The number of nitrogens with zero attached hydrogens (tertiary/aromatic N) is 2. The predicted molar refractivity (Wildman–Crippen MR) is 71.8 cm³/mol. The summed E-state index contributed by atoms with van der Waals surface area (Å²) in [7, 11) is -1.04. The summed E-state index contributed by atoms with van der Waals surface area (Å²) >= 11 is 0. The van der Waals surface area contributed by atoms with Crippen LogP contribution in [-0.2, 0) is 10.8 Å². The van der Waals surface area contributed by atoms with Crippen molar-refractivity contribution in [2.75, 3.05) is 18.8 Å². The van der Waals surface area contributed by atoms with Gasteiger partial charge in [0.25, 0.3) is 0 Å². The van der Waals surface area contributed by atoms with Gasteiger partial charge in [0.1, 0.15) is 5.03 Å². The van der Waals surface area contributed by atoms with Gasteiger partial charge in [-0.15, -0.1) is 0 Å². The smallest absolute Gasteiger partial charge is 0.146 e. The average Bonchev–Trinajstić information content (AvgIpc) is 2.91. The van der Waals surface area contributed by atoms with E-state index in [1.165, 1.54) is 0 Å². The number of hydrogen-bond acceptors (Lipinski definition) is 4. The Balaban J connectivity index is 1.82. The second kappa shape index (κ2) is 5.12. The molecule has 2 heterocycles. The highest BCUT2D eigenvalue weighted by Crippen LogP contribution is 2.15. The molecule has 0 saturated carbocycles. The van der Waals surface area contributed by atoms with Crippen molar-refractivity contribution >= 4 is 21.8 Å². The van der Waals surface area contributed by atoms with Crippen molar-refractivity contribution < 1.29 is 4.21 Å². The maximum atomic E-state index is 12.2. The summed E-state index contributed by atoms with van der Waals surface area (Å²) in [6.07, 6.45) is 2.74. The first-order valence-electron chi connectivity index (χ1n) is 6.14. The first-order valence-corrected chi connectivity index (χ1v) is 7.46. The Hall–Kier alpha value is -1.33. The van der Waals surface area contributed by atoms with E-state index in [2.05, 4.69) is 15.3 Å². The predicted octanol–water partition coefficient (Wildman–Crippen LogP) is 1.35. The minimum Gasteiger partial charge on any atom is -0.316 e. The number of para-hydroxylation sites is 2. The zero-order chi connectivity index (χ0) is 12.4. The highest BCUT2D eigenvalue weighted by Gasteiger charge is 2.19. The third-order valence-electron chi connectivity index (χ3n) is 3.21. The van der Waals surface area contributed by atoms with Gasteiger partial charge in [-0.25, -0.2) is 4.98 Å². The van der Waals surface area contributed by atoms with Gasteiger partial charge in [-0.2, -0.15) is 0 Å². The lowest BCUT2D eigenvalue weighted by Gasteiger charge is -2.07. The Morgan fingerprint density at radius 3 is 2.94 bits per heavy atom.